The summed E-state index contributed by atoms with van der Waals surface area (Å²) in [5, 5.41) is 0.681. The maximum atomic E-state index is 6.05. The van der Waals surface area contributed by atoms with E-state index in [1.54, 1.807) is 6.33 Å². The zero-order valence-corrected chi connectivity index (χ0v) is 11.2. The normalized spacial score (nSPS) is 18.7. The molecule has 0 amide bonds. The lowest BCUT2D eigenvalue weighted by Gasteiger charge is -2.26. The molecule has 6 heteroatoms. The minimum atomic E-state index is 0.0611. The maximum absolute atomic E-state index is 6.05. The SMILES string of the molecule is Cn1cncc1C1CN=C(N)N1c1cccc(Cl)c1. The Morgan fingerprint density at radius 2 is 2.26 bits per heavy atom. The molecule has 3 rings (SSSR count). The van der Waals surface area contributed by atoms with Gasteiger partial charge in [-0.3, -0.25) is 4.99 Å². The van der Waals surface area contributed by atoms with Gasteiger partial charge in [0.1, 0.15) is 0 Å². The summed E-state index contributed by atoms with van der Waals surface area (Å²) in [6, 6.07) is 7.67. The molecule has 2 N–H and O–H groups in total. The molecule has 0 saturated heterocycles. The van der Waals surface area contributed by atoms with Crippen LogP contribution in [0.15, 0.2) is 41.8 Å². The van der Waals surface area contributed by atoms with E-state index in [0.29, 0.717) is 17.5 Å². The molecule has 0 saturated carbocycles. The van der Waals surface area contributed by atoms with E-state index < -0.39 is 0 Å². The number of anilines is 1. The van der Waals surface area contributed by atoms with Gasteiger partial charge in [0.15, 0.2) is 5.96 Å². The number of nitrogens with two attached hydrogens (primary N) is 1. The van der Waals surface area contributed by atoms with Crippen molar-refractivity contribution in [2.24, 2.45) is 17.8 Å². The van der Waals surface area contributed by atoms with Gasteiger partial charge in [-0.15, -0.1) is 0 Å². The Balaban J connectivity index is 2.02. The van der Waals surface area contributed by atoms with E-state index in [-0.39, 0.29) is 6.04 Å². The van der Waals surface area contributed by atoms with Crippen molar-refractivity contribution in [2.45, 2.75) is 6.04 Å². The van der Waals surface area contributed by atoms with Gasteiger partial charge in [-0.05, 0) is 18.2 Å². The number of guanidine groups is 1. The van der Waals surface area contributed by atoms with Gasteiger partial charge in [0.05, 0.1) is 30.8 Å². The number of hydrogen-bond acceptors (Lipinski definition) is 4. The molecule has 1 aromatic carbocycles. The minimum Gasteiger partial charge on any atom is -0.369 e. The average Bonchev–Trinajstić information content (AvgIpc) is 2.95. The third-order valence-corrected chi connectivity index (χ3v) is 3.50. The summed E-state index contributed by atoms with van der Waals surface area (Å²) in [6.45, 7) is 0.623. The number of aryl methyl sites for hydroxylation is 1. The molecule has 1 aliphatic heterocycles. The van der Waals surface area contributed by atoms with Gasteiger partial charge < -0.3 is 15.2 Å². The van der Waals surface area contributed by atoms with E-state index in [0.717, 1.165) is 11.4 Å². The summed E-state index contributed by atoms with van der Waals surface area (Å²) in [5.41, 5.74) is 8.03. The predicted molar refractivity (Wildman–Crippen MR) is 76.4 cm³/mol. The maximum Gasteiger partial charge on any atom is 0.196 e. The minimum absolute atomic E-state index is 0.0611. The Kier molecular flexibility index (Phi) is 2.91. The number of benzene rings is 1. The molecule has 1 atom stereocenters. The van der Waals surface area contributed by atoms with Crippen LogP contribution in [-0.2, 0) is 7.05 Å². The van der Waals surface area contributed by atoms with Crippen LogP contribution in [-0.4, -0.2) is 22.1 Å². The van der Waals surface area contributed by atoms with Gasteiger partial charge in [-0.2, -0.15) is 0 Å². The quantitative estimate of drug-likeness (QED) is 0.911. The molecule has 0 bridgehead atoms. The van der Waals surface area contributed by atoms with E-state index in [2.05, 4.69) is 9.98 Å². The van der Waals surface area contributed by atoms with Crippen molar-refractivity contribution >= 4 is 23.2 Å². The fourth-order valence-corrected chi connectivity index (χ4v) is 2.53. The van der Waals surface area contributed by atoms with Crippen LogP contribution in [0.3, 0.4) is 0 Å². The molecule has 1 aliphatic rings. The number of aromatic nitrogens is 2. The molecule has 2 heterocycles. The van der Waals surface area contributed by atoms with Gasteiger partial charge in [0, 0.05) is 17.8 Å². The number of nitrogens with zero attached hydrogens (tertiary/aromatic N) is 4. The summed E-state index contributed by atoms with van der Waals surface area (Å²) in [7, 11) is 1.97. The van der Waals surface area contributed by atoms with E-state index in [9.17, 15) is 0 Å². The van der Waals surface area contributed by atoms with Crippen molar-refractivity contribution in [3.63, 3.8) is 0 Å². The topological polar surface area (TPSA) is 59.4 Å². The molecule has 19 heavy (non-hydrogen) atoms. The van der Waals surface area contributed by atoms with Crippen molar-refractivity contribution in [1.82, 2.24) is 9.55 Å². The first-order valence-corrected chi connectivity index (χ1v) is 6.35. The fraction of sp³-hybridized carbons (Fsp3) is 0.231. The van der Waals surface area contributed by atoms with E-state index in [1.807, 2.05) is 47.0 Å². The molecule has 1 aromatic heterocycles. The van der Waals surface area contributed by atoms with Crippen LogP contribution in [0.5, 0.6) is 0 Å². The largest absolute Gasteiger partial charge is 0.369 e. The zero-order valence-electron chi connectivity index (χ0n) is 10.5. The number of halogens is 1. The number of hydrogen-bond donors (Lipinski definition) is 1. The van der Waals surface area contributed by atoms with E-state index in [1.165, 1.54) is 0 Å². The van der Waals surface area contributed by atoms with Crippen LogP contribution in [0, 0.1) is 0 Å². The Bertz CT molecular complexity index is 633. The molecule has 0 spiro atoms. The molecule has 0 fully saturated rings. The zero-order chi connectivity index (χ0) is 13.4. The summed E-state index contributed by atoms with van der Waals surface area (Å²) >= 11 is 6.05. The molecular weight excluding hydrogens is 262 g/mol. The molecular formula is C13H14ClN5. The Morgan fingerprint density at radius 3 is 2.95 bits per heavy atom. The molecule has 0 aliphatic carbocycles. The van der Waals surface area contributed by atoms with Gasteiger partial charge in [0.2, 0.25) is 0 Å². The van der Waals surface area contributed by atoms with Crippen LogP contribution in [0.1, 0.15) is 11.7 Å². The second-order valence-electron chi connectivity index (χ2n) is 4.49. The lowest BCUT2D eigenvalue weighted by molar-refractivity contribution is 0.689. The lowest BCUT2D eigenvalue weighted by atomic mass is 10.1. The van der Waals surface area contributed by atoms with Crippen molar-refractivity contribution in [2.75, 3.05) is 11.4 Å². The average molecular weight is 276 g/mol. The first-order valence-electron chi connectivity index (χ1n) is 5.98. The van der Waals surface area contributed by atoms with Crippen LogP contribution < -0.4 is 10.6 Å². The summed E-state index contributed by atoms with van der Waals surface area (Å²) in [6.07, 6.45) is 3.62. The summed E-state index contributed by atoms with van der Waals surface area (Å²) in [5.74, 6) is 0.508. The second kappa shape index (κ2) is 4.59. The Hall–Kier alpha value is -2.01. The van der Waals surface area contributed by atoms with Gasteiger partial charge in [-0.25, -0.2) is 4.98 Å². The van der Waals surface area contributed by atoms with Crippen LogP contribution in [0.2, 0.25) is 5.02 Å². The van der Waals surface area contributed by atoms with Crippen molar-refractivity contribution in [3.8, 4) is 0 Å². The highest BCUT2D eigenvalue weighted by Gasteiger charge is 2.30. The second-order valence-corrected chi connectivity index (χ2v) is 4.93. The Labute approximate surface area is 116 Å². The number of rotatable bonds is 2. The van der Waals surface area contributed by atoms with Gasteiger partial charge in [0.25, 0.3) is 0 Å². The smallest absolute Gasteiger partial charge is 0.196 e. The van der Waals surface area contributed by atoms with E-state index >= 15 is 0 Å². The van der Waals surface area contributed by atoms with Crippen LogP contribution in [0.25, 0.3) is 0 Å². The van der Waals surface area contributed by atoms with Crippen LogP contribution >= 0.6 is 11.6 Å². The number of aliphatic imine (C=N–C) groups is 1. The first kappa shape index (κ1) is 12.0. The fourth-order valence-electron chi connectivity index (χ4n) is 2.35. The van der Waals surface area contributed by atoms with Gasteiger partial charge in [-0.1, -0.05) is 17.7 Å². The van der Waals surface area contributed by atoms with Crippen molar-refractivity contribution in [3.05, 3.63) is 47.5 Å². The molecule has 5 nitrogen and oxygen atoms in total. The number of imidazole rings is 1. The predicted octanol–water partition coefficient (Wildman–Crippen LogP) is 1.95. The molecule has 2 aromatic rings. The third-order valence-electron chi connectivity index (χ3n) is 3.27. The summed E-state index contributed by atoms with van der Waals surface area (Å²) < 4.78 is 1.98. The van der Waals surface area contributed by atoms with E-state index in [4.69, 9.17) is 17.3 Å². The monoisotopic (exact) mass is 275 g/mol. The van der Waals surface area contributed by atoms with Crippen molar-refractivity contribution in [1.29, 1.82) is 0 Å². The molecule has 98 valence electrons. The Morgan fingerprint density at radius 1 is 1.42 bits per heavy atom. The lowest BCUT2D eigenvalue weighted by Crippen LogP contribution is -2.36. The molecule has 1 unspecified atom stereocenters. The highest BCUT2D eigenvalue weighted by molar-refractivity contribution is 6.30. The highest BCUT2D eigenvalue weighted by Crippen LogP contribution is 2.31. The van der Waals surface area contributed by atoms with Crippen LogP contribution in [0.4, 0.5) is 5.69 Å². The standard InChI is InChI=1S/C13H14ClN5/c1-18-8-16-6-11(18)12-7-17-13(15)19(12)10-4-2-3-9(14)5-10/h2-6,8,12H,7H2,1H3,(H2,15,17). The van der Waals surface area contributed by atoms with Crippen molar-refractivity contribution < 1.29 is 0 Å². The third kappa shape index (κ3) is 2.06. The van der Waals surface area contributed by atoms with Gasteiger partial charge >= 0.3 is 0 Å². The summed E-state index contributed by atoms with van der Waals surface area (Å²) in [4.78, 5) is 10.5. The molecule has 0 radical (unpaired) electrons. The highest BCUT2D eigenvalue weighted by atomic mass is 35.5. The first-order chi connectivity index (χ1) is 9.16.